The molecule has 82 valence electrons. The molecule has 1 aromatic carbocycles. The number of hydrogen-bond donors (Lipinski definition) is 1. The quantitative estimate of drug-likeness (QED) is 0.793. The number of aliphatic hydroxyl groups excluding tert-OH is 1. The number of carbonyl (C=O) groups is 1. The minimum absolute atomic E-state index is 0.0125. The van der Waals surface area contributed by atoms with Gasteiger partial charge < -0.3 is 10.0 Å². The van der Waals surface area contributed by atoms with Gasteiger partial charge in [0.25, 0.3) is 0 Å². The molecule has 0 saturated heterocycles. The molecule has 1 aromatic rings. The molecule has 0 aliphatic carbocycles. The van der Waals surface area contributed by atoms with Gasteiger partial charge in [0.05, 0.1) is 6.61 Å². The summed E-state index contributed by atoms with van der Waals surface area (Å²) in [6.45, 7) is 2.83. The fourth-order valence-electron chi connectivity index (χ4n) is 1.44. The molecule has 0 heterocycles. The zero-order valence-electron chi connectivity index (χ0n) is 9.02. The van der Waals surface area contributed by atoms with Crippen LogP contribution in [0.2, 0.25) is 0 Å². The molecule has 0 atom stereocenters. The van der Waals surface area contributed by atoms with Crippen LogP contribution in [0, 0.1) is 0 Å². The molecular formula is C12H17NO2. The van der Waals surface area contributed by atoms with Crippen LogP contribution in [0.15, 0.2) is 30.3 Å². The predicted octanol–water partition coefficient (Wildman–Crippen LogP) is 1.42. The van der Waals surface area contributed by atoms with Gasteiger partial charge in [0.15, 0.2) is 0 Å². The third-order valence-electron chi connectivity index (χ3n) is 2.24. The normalized spacial score (nSPS) is 10.0. The summed E-state index contributed by atoms with van der Waals surface area (Å²) in [6.07, 6.45) is 0.479. The first-order chi connectivity index (χ1) is 7.27. The lowest BCUT2D eigenvalue weighted by atomic mass is 10.2. The molecule has 15 heavy (non-hydrogen) atoms. The second kappa shape index (κ2) is 6.19. The third-order valence-corrected chi connectivity index (χ3v) is 2.24. The van der Waals surface area contributed by atoms with E-state index in [1.807, 2.05) is 37.3 Å². The van der Waals surface area contributed by atoms with Crippen LogP contribution >= 0.6 is 0 Å². The molecule has 0 aliphatic rings. The lowest BCUT2D eigenvalue weighted by Gasteiger charge is -2.21. The fraction of sp³-hybridized carbons (Fsp3) is 0.417. The highest BCUT2D eigenvalue weighted by atomic mass is 16.3. The van der Waals surface area contributed by atoms with Gasteiger partial charge in [-0.1, -0.05) is 37.3 Å². The van der Waals surface area contributed by atoms with Crippen molar-refractivity contribution >= 4 is 5.91 Å². The Morgan fingerprint density at radius 2 is 2.00 bits per heavy atom. The van der Waals surface area contributed by atoms with E-state index in [1.165, 1.54) is 0 Å². The Kier molecular flexibility index (Phi) is 4.84. The van der Waals surface area contributed by atoms with Crippen molar-refractivity contribution in [2.75, 3.05) is 13.2 Å². The monoisotopic (exact) mass is 207 g/mol. The summed E-state index contributed by atoms with van der Waals surface area (Å²) in [5, 5.41) is 8.87. The molecule has 1 rings (SSSR count). The summed E-state index contributed by atoms with van der Waals surface area (Å²) >= 11 is 0. The number of carbonyl (C=O) groups excluding carboxylic acids is 1. The van der Waals surface area contributed by atoms with E-state index < -0.39 is 0 Å². The first kappa shape index (κ1) is 11.7. The third kappa shape index (κ3) is 3.72. The van der Waals surface area contributed by atoms with Gasteiger partial charge in [0.2, 0.25) is 5.91 Å². The second-order valence-electron chi connectivity index (χ2n) is 3.38. The molecule has 3 heteroatoms. The highest BCUT2D eigenvalue weighted by Gasteiger charge is 2.10. The Balaban J connectivity index is 2.62. The topological polar surface area (TPSA) is 40.5 Å². The summed E-state index contributed by atoms with van der Waals surface area (Å²) in [5.41, 5.74) is 1.09. The van der Waals surface area contributed by atoms with E-state index >= 15 is 0 Å². The van der Waals surface area contributed by atoms with Crippen LogP contribution in [0.5, 0.6) is 0 Å². The highest BCUT2D eigenvalue weighted by molar-refractivity contribution is 5.75. The van der Waals surface area contributed by atoms with Gasteiger partial charge in [0.1, 0.15) is 0 Å². The van der Waals surface area contributed by atoms with E-state index in [1.54, 1.807) is 4.90 Å². The molecular weight excluding hydrogens is 190 g/mol. The van der Waals surface area contributed by atoms with Gasteiger partial charge in [-0.05, 0) is 5.56 Å². The standard InChI is InChI=1S/C12H17NO2/c1-2-12(15)13(8-9-14)10-11-6-4-3-5-7-11/h3-7,14H,2,8-10H2,1H3. The van der Waals surface area contributed by atoms with Crippen molar-refractivity contribution in [3.05, 3.63) is 35.9 Å². The Morgan fingerprint density at radius 1 is 1.33 bits per heavy atom. The van der Waals surface area contributed by atoms with Gasteiger partial charge in [-0.25, -0.2) is 0 Å². The van der Waals surface area contributed by atoms with Crippen LogP contribution in [0.4, 0.5) is 0 Å². The first-order valence-corrected chi connectivity index (χ1v) is 5.20. The molecule has 0 saturated carbocycles. The number of amides is 1. The number of hydrogen-bond acceptors (Lipinski definition) is 2. The predicted molar refractivity (Wildman–Crippen MR) is 59.2 cm³/mol. The molecule has 0 aliphatic heterocycles. The first-order valence-electron chi connectivity index (χ1n) is 5.20. The van der Waals surface area contributed by atoms with Crippen molar-refractivity contribution in [2.45, 2.75) is 19.9 Å². The van der Waals surface area contributed by atoms with Gasteiger partial charge >= 0.3 is 0 Å². The highest BCUT2D eigenvalue weighted by Crippen LogP contribution is 2.05. The Bertz CT molecular complexity index is 298. The molecule has 0 fully saturated rings. The molecule has 3 nitrogen and oxygen atoms in total. The Morgan fingerprint density at radius 3 is 2.53 bits per heavy atom. The fourth-order valence-corrected chi connectivity index (χ4v) is 1.44. The van der Waals surface area contributed by atoms with E-state index in [0.717, 1.165) is 5.56 Å². The molecule has 0 bridgehead atoms. The summed E-state index contributed by atoms with van der Waals surface area (Å²) in [4.78, 5) is 13.2. The number of rotatable bonds is 5. The maximum Gasteiger partial charge on any atom is 0.222 e. The number of nitrogens with zero attached hydrogens (tertiary/aromatic N) is 1. The van der Waals surface area contributed by atoms with Gasteiger partial charge in [-0.15, -0.1) is 0 Å². The largest absolute Gasteiger partial charge is 0.395 e. The van der Waals surface area contributed by atoms with Gasteiger partial charge in [-0.3, -0.25) is 4.79 Å². The van der Waals surface area contributed by atoms with Gasteiger partial charge in [0, 0.05) is 19.5 Å². The van der Waals surface area contributed by atoms with Crippen LogP contribution in [-0.4, -0.2) is 29.1 Å². The van der Waals surface area contributed by atoms with E-state index in [2.05, 4.69) is 0 Å². The van der Waals surface area contributed by atoms with Crippen LogP contribution in [-0.2, 0) is 11.3 Å². The van der Waals surface area contributed by atoms with E-state index in [9.17, 15) is 4.79 Å². The Hall–Kier alpha value is -1.35. The number of aliphatic hydroxyl groups is 1. The maximum absolute atomic E-state index is 11.5. The van der Waals surface area contributed by atoms with Crippen molar-refractivity contribution < 1.29 is 9.90 Å². The van der Waals surface area contributed by atoms with Crippen LogP contribution in [0.25, 0.3) is 0 Å². The minimum Gasteiger partial charge on any atom is -0.395 e. The maximum atomic E-state index is 11.5. The van der Waals surface area contributed by atoms with Crippen LogP contribution in [0.1, 0.15) is 18.9 Å². The lowest BCUT2D eigenvalue weighted by molar-refractivity contribution is -0.132. The second-order valence-corrected chi connectivity index (χ2v) is 3.38. The van der Waals surface area contributed by atoms with Crippen molar-refractivity contribution in [1.29, 1.82) is 0 Å². The van der Waals surface area contributed by atoms with E-state index in [4.69, 9.17) is 5.11 Å². The van der Waals surface area contributed by atoms with Crippen molar-refractivity contribution in [1.82, 2.24) is 4.90 Å². The van der Waals surface area contributed by atoms with Crippen LogP contribution in [0.3, 0.4) is 0 Å². The van der Waals surface area contributed by atoms with E-state index in [-0.39, 0.29) is 12.5 Å². The molecule has 0 radical (unpaired) electrons. The zero-order chi connectivity index (χ0) is 11.1. The number of benzene rings is 1. The summed E-state index contributed by atoms with van der Waals surface area (Å²) in [7, 11) is 0. The molecule has 1 amide bonds. The van der Waals surface area contributed by atoms with Crippen molar-refractivity contribution in [2.24, 2.45) is 0 Å². The van der Waals surface area contributed by atoms with Crippen LogP contribution < -0.4 is 0 Å². The lowest BCUT2D eigenvalue weighted by Crippen LogP contribution is -2.32. The summed E-state index contributed by atoms with van der Waals surface area (Å²) in [5.74, 6) is 0.0768. The summed E-state index contributed by atoms with van der Waals surface area (Å²) in [6, 6.07) is 9.80. The molecule has 0 aromatic heterocycles. The van der Waals surface area contributed by atoms with Crippen molar-refractivity contribution in [3.8, 4) is 0 Å². The van der Waals surface area contributed by atoms with Crippen molar-refractivity contribution in [3.63, 3.8) is 0 Å². The average Bonchev–Trinajstić information content (AvgIpc) is 2.29. The molecule has 1 N–H and O–H groups in total. The smallest absolute Gasteiger partial charge is 0.222 e. The molecule has 0 unspecified atom stereocenters. The SMILES string of the molecule is CCC(=O)N(CCO)Cc1ccccc1. The minimum atomic E-state index is 0.0125. The Labute approximate surface area is 90.3 Å². The average molecular weight is 207 g/mol. The zero-order valence-corrected chi connectivity index (χ0v) is 9.02. The van der Waals surface area contributed by atoms with Gasteiger partial charge in [-0.2, -0.15) is 0 Å². The summed E-state index contributed by atoms with van der Waals surface area (Å²) < 4.78 is 0. The van der Waals surface area contributed by atoms with E-state index in [0.29, 0.717) is 19.5 Å². The molecule has 0 spiro atoms.